The van der Waals surface area contributed by atoms with Crippen molar-refractivity contribution in [1.82, 2.24) is 20.2 Å². The third-order valence-electron chi connectivity index (χ3n) is 9.88. The number of nitrogen functional groups attached to an aromatic ring is 1. The molecule has 2 aromatic heterocycles. The molecule has 1 unspecified atom stereocenters. The van der Waals surface area contributed by atoms with Crippen molar-refractivity contribution < 1.29 is 27.4 Å². The number of carbonyl (C=O) groups is 1. The van der Waals surface area contributed by atoms with Gasteiger partial charge in [0.05, 0.1) is 32.8 Å². The number of nitrogens with two attached hydrogens (primary N) is 1. The number of rotatable bonds is 4. The van der Waals surface area contributed by atoms with E-state index in [1.165, 1.54) is 12.1 Å². The molecule has 0 aliphatic carbocycles. The second kappa shape index (κ2) is 11.3. The highest BCUT2D eigenvalue weighted by Gasteiger charge is 2.49. The van der Waals surface area contributed by atoms with Crippen molar-refractivity contribution in [3.8, 4) is 29.0 Å². The summed E-state index contributed by atoms with van der Waals surface area (Å²) in [5, 5.41) is 13.1. The first-order valence-electron chi connectivity index (χ1n) is 15.5. The van der Waals surface area contributed by atoms with Gasteiger partial charge < -0.3 is 25.4 Å². The lowest BCUT2D eigenvalue weighted by atomic mass is 9.95. The van der Waals surface area contributed by atoms with E-state index in [2.05, 4.69) is 15.2 Å². The van der Waals surface area contributed by atoms with Gasteiger partial charge in [0, 0.05) is 55.9 Å². The Labute approximate surface area is 276 Å². The highest BCUT2D eigenvalue weighted by molar-refractivity contribution is 7.23. The van der Waals surface area contributed by atoms with Crippen molar-refractivity contribution in [3.05, 3.63) is 34.4 Å². The minimum Gasteiger partial charge on any atom is -0.491 e. The van der Waals surface area contributed by atoms with E-state index in [0.29, 0.717) is 38.3 Å². The Hall–Kier alpha value is -4.06. The number of ether oxygens (including phenoxy) is 2. The van der Waals surface area contributed by atoms with Gasteiger partial charge in [0.15, 0.2) is 11.6 Å². The zero-order valence-corrected chi connectivity index (χ0v) is 26.6. The third kappa shape index (κ3) is 4.73. The van der Waals surface area contributed by atoms with E-state index in [-0.39, 0.29) is 91.0 Å². The zero-order chi connectivity index (χ0) is 32.6. The molecule has 2 aromatic carbocycles. The second-order valence-electron chi connectivity index (χ2n) is 12.5. The van der Waals surface area contributed by atoms with Crippen molar-refractivity contribution >= 4 is 60.7 Å². The molecule has 3 atom stereocenters. The van der Waals surface area contributed by atoms with Crippen LogP contribution < -0.4 is 25.4 Å². The molecule has 4 aromatic rings. The van der Waals surface area contributed by atoms with E-state index in [1.54, 1.807) is 0 Å². The zero-order valence-electron chi connectivity index (χ0n) is 25.0. The average molecular weight is 684 g/mol. The number of amides is 1. The number of nitrogens with zero attached hydrogens (tertiary/aromatic N) is 5. The highest BCUT2D eigenvalue weighted by atomic mass is 35.5. The SMILES string of the molecule is N#Cc1c(N)sc2c(F)ccc(-c3c(Cl)c4c5c(nc(OC[C@@]67CCCN6C[C@H](F)C7)nc5c3F)N3CCNC(=O)CC3CCO4)c12. The molecule has 6 heterocycles. The topological polar surface area (TPSA) is 130 Å². The van der Waals surface area contributed by atoms with Gasteiger partial charge in [-0.2, -0.15) is 15.2 Å². The van der Waals surface area contributed by atoms with Gasteiger partial charge in [-0.3, -0.25) is 9.69 Å². The number of anilines is 2. The Bertz CT molecular complexity index is 2020. The number of aromatic nitrogens is 2. The van der Waals surface area contributed by atoms with E-state index in [9.17, 15) is 18.8 Å². The number of carbonyl (C=O) groups excluding carboxylic acids is 1. The van der Waals surface area contributed by atoms with E-state index in [1.807, 2.05) is 11.0 Å². The fourth-order valence-electron chi connectivity index (χ4n) is 7.76. The molecule has 3 fully saturated rings. The van der Waals surface area contributed by atoms with Crippen LogP contribution in [-0.2, 0) is 4.79 Å². The predicted molar refractivity (Wildman–Crippen MR) is 172 cm³/mol. The first-order chi connectivity index (χ1) is 22.7. The number of nitrogens with one attached hydrogen (secondary N) is 1. The van der Waals surface area contributed by atoms with E-state index < -0.39 is 23.3 Å². The van der Waals surface area contributed by atoms with Crippen molar-refractivity contribution in [2.24, 2.45) is 0 Å². The van der Waals surface area contributed by atoms with Gasteiger partial charge in [0.25, 0.3) is 0 Å². The van der Waals surface area contributed by atoms with E-state index in [0.717, 1.165) is 30.7 Å². The summed E-state index contributed by atoms with van der Waals surface area (Å²) in [5.41, 5.74) is 5.46. The molecule has 4 aliphatic heterocycles. The maximum Gasteiger partial charge on any atom is 0.319 e. The molecular formula is C32H29ClF3N7O3S. The Kier molecular flexibility index (Phi) is 7.27. The molecule has 1 amide bonds. The summed E-state index contributed by atoms with van der Waals surface area (Å²) < 4.78 is 59.2. The predicted octanol–water partition coefficient (Wildman–Crippen LogP) is 5.33. The summed E-state index contributed by atoms with van der Waals surface area (Å²) in [5.74, 6) is -1.16. The number of benzene rings is 2. The number of hydrogen-bond acceptors (Lipinski definition) is 10. The van der Waals surface area contributed by atoms with Crippen LogP contribution in [0.25, 0.3) is 32.1 Å². The van der Waals surface area contributed by atoms with Gasteiger partial charge in [-0.25, -0.2) is 13.2 Å². The molecule has 3 saturated heterocycles. The van der Waals surface area contributed by atoms with Crippen LogP contribution in [0.4, 0.5) is 24.0 Å². The smallest absolute Gasteiger partial charge is 0.319 e. The number of thiophene rings is 1. The lowest BCUT2D eigenvalue weighted by Gasteiger charge is -2.34. The average Bonchev–Trinajstić information content (AvgIpc) is 3.64. The van der Waals surface area contributed by atoms with Gasteiger partial charge in [0.1, 0.15) is 41.0 Å². The van der Waals surface area contributed by atoms with Crippen LogP contribution in [0.2, 0.25) is 5.02 Å². The second-order valence-corrected chi connectivity index (χ2v) is 14.0. The Morgan fingerprint density at radius 1 is 1.28 bits per heavy atom. The standard InChI is InChI=1S/C32H29ClF3N7O3S/c33-24-22(17-2-3-19(35)28-21(17)18(12-37)29(38)47-28)25(36)26-23-27(24)45-9-4-16-10-20(44)39-6-8-43(16)30(23)41-31(40-26)46-14-32-5-1-7-42(32)13-15(34)11-32/h2-3,15-16H,1,4-11,13-14,38H2,(H,39,44)/t15-,16?,32+/m1/s1. The number of hydrogen-bond donors (Lipinski definition) is 2. The Morgan fingerprint density at radius 3 is 2.96 bits per heavy atom. The van der Waals surface area contributed by atoms with Crippen LogP contribution >= 0.6 is 22.9 Å². The van der Waals surface area contributed by atoms with Gasteiger partial charge in [-0.15, -0.1) is 11.3 Å². The van der Waals surface area contributed by atoms with Gasteiger partial charge in [-0.05, 0) is 31.0 Å². The molecule has 47 heavy (non-hydrogen) atoms. The fourth-order valence-corrected chi connectivity index (χ4v) is 9.05. The molecule has 3 N–H and O–H groups in total. The molecule has 10 nitrogen and oxygen atoms in total. The minimum absolute atomic E-state index is 0.0127. The maximum absolute atomic E-state index is 17.2. The molecule has 0 bridgehead atoms. The number of halogens is 4. The molecular weight excluding hydrogens is 655 g/mol. The van der Waals surface area contributed by atoms with Crippen LogP contribution in [0, 0.1) is 23.0 Å². The number of alkyl halides is 1. The van der Waals surface area contributed by atoms with Crippen molar-refractivity contribution in [2.45, 2.75) is 49.9 Å². The summed E-state index contributed by atoms with van der Waals surface area (Å²) in [7, 11) is 0. The highest BCUT2D eigenvalue weighted by Crippen LogP contribution is 2.51. The van der Waals surface area contributed by atoms with Crippen molar-refractivity contribution in [2.75, 3.05) is 50.0 Å². The van der Waals surface area contributed by atoms with Crippen LogP contribution in [0.3, 0.4) is 0 Å². The molecule has 0 saturated carbocycles. The lowest BCUT2D eigenvalue weighted by Crippen LogP contribution is -2.43. The van der Waals surface area contributed by atoms with Gasteiger partial charge >= 0.3 is 6.01 Å². The van der Waals surface area contributed by atoms with Crippen LogP contribution in [-0.4, -0.2) is 77.9 Å². The van der Waals surface area contributed by atoms with Gasteiger partial charge in [0.2, 0.25) is 5.91 Å². The first-order valence-corrected chi connectivity index (χ1v) is 16.7. The van der Waals surface area contributed by atoms with Gasteiger partial charge in [-0.1, -0.05) is 17.7 Å². The largest absolute Gasteiger partial charge is 0.491 e. The van der Waals surface area contributed by atoms with Crippen LogP contribution in [0.15, 0.2) is 12.1 Å². The Morgan fingerprint density at radius 2 is 2.13 bits per heavy atom. The summed E-state index contributed by atoms with van der Waals surface area (Å²) >= 11 is 7.90. The van der Waals surface area contributed by atoms with E-state index >= 15 is 4.39 Å². The Balaban J connectivity index is 1.36. The summed E-state index contributed by atoms with van der Waals surface area (Å²) in [6.45, 7) is 2.09. The molecule has 15 heteroatoms. The van der Waals surface area contributed by atoms with Crippen molar-refractivity contribution in [3.63, 3.8) is 0 Å². The fraction of sp³-hybridized carbons (Fsp3) is 0.438. The van der Waals surface area contributed by atoms with Crippen molar-refractivity contribution in [1.29, 1.82) is 5.26 Å². The third-order valence-corrected chi connectivity index (χ3v) is 11.3. The summed E-state index contributed by atoms with van der Waals surface area (Å²) in [6, 6.07) is 4.13. The quantitative estimate of drug-likeness (QED) is 0.293. The number of fused-ring (bicyclic) bond motifs is 4. The summed E-state index contributed by atoms with van der Waals surface area (Å²) in [4.78, 5) is 25.9. The monoisotopic (exact) mass is 683 g/mol. The molecule has 8 rings (SSSR count). The normalized spacial score (nSPS) is 24.2. The molecule has 4 aliphatic rings. The summed E-state index contributed by atoms with van der Waals surface area (Å²) in [6.07, 6.45) is 1.65. The molecule has 0 spiro atoms. The molecule has 244 valence electrons. The first kappa shape index (κ1) is 30.3. The minimum atomic E-state index is -0.966. The van der Waals surface area contributed by atoms with Crippen LogP contribution in [0.5, 0.6) is 11.8 Å². The maximum atomic E-state index is 17.2. The lowest BCUT2D eigenvalue weighted by molar-refractivity contribution is -0.121. The van der Waals surface area contributed by atoms with E-state index in [4.69, 9.17) is 31.8 Å². The van der Waals surface area contributed by atoms with Crippen LogP contribution in [0.1, 0.15) is 37.7 Å². The number of nitriles is 1. The molecule has 0 radical (unpaired) electrons.